The highest BCUT2D eigenvalue weighted by atomic mass is 19.1. The maximum Gasteiger partial charge on any atom is 0.229 e. The second-order valence-electron chi connectivity index (χ2n) is 6.91. The fourth-order valence-corrected chi connectivity index (χ4v) is 3.52. The van der Waals surface area contributed by atoms with Crippen LogP contribution in [0.3, 0.4) is 0 Å². The summed E-state index contributed by atoms with van der Waals surface area (Å²) in [7, 11) is 0. The van der Waals surface area contributed by atoms with Crippen molar-refractivity contribution >= 4 is 34.8 Å². The molecule has 2 aliphatic heterocycles. The first-order chi connectivity index (χ1) is 13.4. The van der Waals surface area contributed by atoms with E-state index in [2.05, 4.69) is 10.6 Å². The molecule has 28 heavy (non-hydrogen) atoms. The molecule has 4 rings (SSSR count). The molecule has 1 saturated heterocycles. The second kappa shape index (κ2) is 7.03. The fraction of sp³-hybridized carbons (Fsp3) is 0.250. The van der Waals surface area contributed by atoms with E-state index >= 15 is 0 Å². The molecule has 3 amide bonds. The van der Waals surface area contributed by atoms with Crippen LogP contribution in [0.4, 0.5) is 25.8 Å². The molecule has 0 radical (unpaired) electrons. The van der Waals surface area contributed by atoms with E-state index in [0.717, 1.165) is 17.3 Å². The van der Waals surface area contributed by atoms with Gasteiger partial charge in [0.15, 0.2) is 0 Å². The second-order valence-corrected chi connectivity index (χ2v) is 6.91. The van der Waals surface area contributed by atoms with Crippen LogP contribution in [0.2, 0.25) is 0 Å². The van der Waals surface area contributed by atoms with Crippen LogP contribution in [0.15, 0.2) is 36.4 Å². The standard InChI is InChI=1S/C20H17F2N3O3/c21-13-2-5-17(15(22)9-13)25-10-12(8-19(25)27)20(28)23-14-3-4-16-11(7-14)1-6-18(26)24-16/h2-5,7,9,12H,1,6,8,10H2,(H,23,28)(H,24,26)/t12-/m1/s1. The number of amides is 3. The molecule has 0 spiro atoms. The van der Waals surface area contributed by atoms with E-state index in [1.54, 1.807) is 18.2 Å². The largest absolute Gasteiger partial charge is 0.326 e. The summed E-state index contributed by atoms with van der Waals surface area (Å²) in [5.41, 5.74) is 2.18. The highest BCUT2D eigenvalue weighted by Gasteiger charge is 2.36. The third-order valence-corrected chi connectivity index (χ3v) is 4.96. The molecule has 144 valence electrons. The number of carbonyl (C=O) groups excluding carboxylic acids is 3. The fourth-order valence-electron chi connectivity index (χ4n) is 3.52. The average molecular weight is 385 g/mol. The molecule has 2 aliphatic rings. The van der Waals surface area contributed by atoms with Gasteiger partial charge in [0.1, 0.15) is 11.6 Å². The Labute approximate surface area is 159 Å². The van der Waals surface area contributed by atoms with E-state index in [4.69, 9.17) is 0 Å². The van der Waals surface area contributed by atoms with Crippen molar-refractivity contribution in [1.29, 1.82) is 0 Å². The third-order valence-electron chi connectivity index (χ3n) is 4.96. The highest BCUT2D eigenvalue weighted by Crippen LogP contribution is 2.30. The zero-order valence-corrected chi connectivity index (χ0v) is 14.8. The van der Waals surface area contributed by atoms with Crippen LogP contribution in [-0.4, -0.2) is 24.3 Å². The maximum absolute atomic E-state index is 14.0. The molecule has 2 aromatic rings. The van der Waals surface area contributed by atoms with E-state index in [1.165, 1.54) is 11.0 Å². The van der Waals surface area contributed by atoms with Crippen LogP contribution in [0.1, 0.15) is 18.4 Å². The van der Waals surface area contributed by atoms with Gasteiger partial charge in [-0.1, -0.05) is 0 Å². The average Bonchev–Trinajstić information content (AvgIpc) is 3.03. The van der Waals surface area contributed by atoms with E-state index in [9.17, 15) is 23.2 Å². The van der Waals surface area contributed by atoms with Crippen LogP contribution in [0.5, 0.6) is 0 Å². The Kier molecular flexibility index (Phi) is 4.54. The first-order valence-electron chi connectivity index (χ1n) is 8.90. The van der Waals surface area contributed by atoms with Crippen LogP contribution >= 0.6 is 0 Å². The quantitative estimate of drug-likeness (QED) is 0.853. The predicted octanol–water partition coefficient (Wildman–Crippen LogP) is 2.84. The lowest BCUT2D eigenvalue weighted by Crippen LogP contribution is -2.28. The van der Waals surface area contributed by atoms with Crippen molar-refractivity contribution in [2.24, 2.45) is 5.92 Å². The molecule has 0 aromatic heterocycles. The normalized spacial score (nSPS) is 18.6. The molecule has 2 heterocycles. The van der Waals surface area contributed by atoms with E-state index in [-0.39, 0.29) is 36.4 Å². The number of rotatable bonds is 3. The summed E-state index contributed by atoms with van der Waals surface area (Å²) in [6.07, 6.45) is 0.924. The van der Waals surface area contributed by atoms with Gasteiger partial charge in [-0.25, -0.2) is 8.78 Å². The molecule has 2 N–H and O–H groups in total. The summed E-state index contributed by atoms with van der Waals surface area (Å²) in [6.45, 7) is 0.0220. The van der Waals surface area contributed by atoms with Gasteiger partial charge in [0.2, 0.25) is 17.7 Å². The number of benzene rings is 2. The van der Waals surface area contributed by atoms with Crippen LogP contribution in [0, 0.1) is 17.6 Å². The summed E-state index contributed by atoms with van der Waals surface area (Å²) in [5, 5.41) is 5.55. The first-order valence-corrected chi connectivity index (χ1v) is 8.90. The lowest BCUT2D eigenvalue weighted by atomic mass is 10.0. The summed E-state index contributed by atoms with van der Waals surface area (Å²) < 4.78 is 27.1. The third kappa shape index (κ3) is 3.45. The summed E-state index contributed by atoms with van der Waals surface area (Å²) in [5.74, 6) is -3.00. The molecule has 0 saturated carbocycles. The first kappa shape index (κ1) is 18.1. The van der Waals surface area contributed by atoms with Gasteiger partial charge < -0.3 is 15.5 Å². The molecule has 6 nitrogen and oxygen atoms in total. The number of hydrogen-bond acceptors (Lipinski definition) is 3. The summed E-state index contributed by atoms with van der Waals surface area (Å²) in [6, 6.07) is 8.17. The van der Waals surface area contributed by atoms with Gasteiger partial charge >= 0.3 is 0 Å². The Hall–Kier alpha value is -3.29. The smallest absolute Gasteiger partial charge is 0.229 e. The van der Waals surface area contributed by atoms with Crippen LogP contribution < -0.4 is 15.5 Å². The van der Waals surface area contributed by atoms with Gasteiger partial charge in [0.25, 0.3) is 0 Å². The predicted molar refractivity (Wildman–Crippen MR) is 98.8 cm³/mol. The molecular weight excluding hydrogens is 368 g/mol. The van der Waals surface area contributed by atoms with E-state index in [0.29, 0.717) is 24.6 Å². The highest BCUT2D eigenvalue weighted by molar-refractivity contribution is 6.04. The van der Waals surface area contributed by atoms with Crippen molar-refractivity contribution in [2.45, 2.75) is 19.3 Å². The van der Waals surface area contributed by atoms with E-state index in [1.807, 2.05) is 0 Å². The van der Waals surface area contributed by atoms with Gasteiger partial charge in [-0.2, -0.15) is 0 Å². The number of hydrogen-bond donors (Lipinski definition) is 2. The Morgan fingerprint density at radius 2 is 1.93 bits per heavy atom. The molecule has 0 bridgehead atoms. The zero-order valence-electron chi connectivity index (χ0n) is 14.8. The van der Waals surface area contributed by atoms with Gasteiger partial charge in [0.05, 0.1) is 11.6 Å². The lowest BCUT2D eigenvalue weighted by Gasteiger charge is -2.19. The van der Waals surface area contributed by atoms with Gasteiger partial charge in [0, 0.05) is 36.8 Å². The van der Waals surface area contributed by atoms with Gasteiger partial charge in [-0.15, -0.1) is 0 Å². The number of nitrogens with zero attached hydrogens (tertiary/aromatic N) is 1. The molecule has 0 aliphatic carbocycles. The topological polar surface area (TPSA) is 78.5 Å². The number of nitrogens with one attached hydrogen (secondary N) is 2. The van der Waals surface area contributed by atoms with Crippen molar-refractivity contribution < 1.29 is 23.2 Å². The molecular formula is C20H17F2N3O3. The van der Waals surface area contributed by atoms with Crippen molar-refractivity contribution in [2.75, 3.05) is 22.1 Å². The Balaban J connectivity index is 1.46. The Bertz CT molecular complexity index is 993. The number of fused-ring (bicyclic) bond motifs is 1. The number of anilines is 3. The Morgan fingerprint density at radius 1 is 1.11 bits per heavy atom. The lowest BCUT2D eigenvalue weighted by molar-refractivity contribution is -0.122. The number of aryl methyl sites for hydroxylation is 1. The minimum absolute atomic E-state index is 0.0220. The van der Waals surface area contributed by atoms with Crippen molar-refractivity contribution in [3.05, 3.63) is 53.6 Å². The van der Waals surface area contributed by atoms with Crippen molar-refractivity contribution in [3.63, 3.8) is 0 Å². The maximum atomic E-state index is 14.0. The van der Waals surface area contributed by atoms with Gasteiger partial charge in [-0.3, -0.25) is 14.4 Å². The number of halogens is 2. The molecule has 2 aromatic carbocycles. The van der Waals surface area contributed by atoms with Gasteiger partial charge in [-0.05, 0) is 42.3 Å². The molecule has 8 heteroatoms. The van der Waals surface area contributed by atoms with Crippen molar-refractivity contribution in [3.8, 4) is 0 Å². The van der Waals surface area contributed by atoms with Crippen LogP contribution in [0.25, 0.3) is 0 Å². The minimum Gasteiger partial charge on any atom is -0.326 e. The summed E-state index contributed by atoms with van der Waals surface area (Å²) >= 11 is 0. The minimum atomic E-state index is -0.842. The number of carbonyl (C=O) groups is 3. The van der Waals surface area contributed by atoms with Crippen LogP contribution in [-0.2, 0) is 20.8 Å². The molecule has 0 unspecified atom stereocenters. The Morgan fingerprint density at radius 3 is 2.71 bits per heavy atom. The van der Waals surface area contributed by atoms with E-state index < -0.39 is 17.6 Å². The zero-order chi connectivity index (χ0) is 19.8. The molecule has 1 fully saturated rings. The van der Waals surface area contributed by atoms with Crippen molar-refractivity contribution in [1.82, 2.24) is 0 Å². The summed E-state index contributed by atoms with van der Waals surface area (Å²) in [4.78, 5) is 37.4. The molecule has 1 atom stereocenters. The SMILES string of the molecule is O=C1CCc2cc(NC(=O)[C@@H]3CC(=O)N(c4ccc(F)cc4F)C3)ccc2N1. The monoisotopic (exact) mass is 385 g/mol.